The predicted molar refractivity (Wildman–Crippen MR) is 80.1 cm³/mol. The van der Waals surface area contributed by atoms with Crippen LogP contribution in [0.25, 0.3) is 0 Å². The van der Waals surface area contributed by atoms with Crippen LogP contribution >= 0.6 is 11.6 Å². The van der Waals surface area contributed by atoms with Crippen molar-refractivity contribution in [1.82, 2.24) is 0 Å². The van der Waals surface area contributed by atoms with Gasteiger partial charge in [0.25, 0.3) is 0 Å². The van der Waals surface area contributed by atoms with E-state index in [1.54, 1.807) is 0 Å². The summed E-state index contributed by atoms with van der Waals surface area (Å²) in [5.74, 6) is 0. The number of nitrogens with two attached hydrogens (primary N) is 1. The second-order valence-corrected chi connectivity index (χ2v) is 4.70. The molecule has 1 unspecified atom stereocenters. The van der Waals surface area contributed by atoms with Crippen LogP contribution in [0.15, 0.2) is 48.5 Å². The lowest BCUT2D eigenvalue weighted by Crippen LogP contribution is -2.15. The fourth-order valence-electron chi connectivity index (χ4n) is 1.96. The Morgan fingerprint density at radius 3 is 2.42 bits per heavy atom. The molecule has 0 heterocycles. The number of ether oxygens (including phenoxy) is 1. The molecule has 2 N–H and O–H groups in total. The molecule has 0 aliphatic rings. The first-order chi connectivity index (χ1) is 9.20. The molecule has 2 rings (SSSR count). The van der Waals surface area contributed by atoms with Crippen LogP contribution < -0.4 is 11.2 Å². The largest absolute Gasteiger partial charge is 0.367 e. The summed E-state index contributed by atoms with van der Waals surface area (Å²) in [6, 6.07) is 15.3. The van der Waals surface area contributed by atoms with Crippen molar-refractivity contribution in [3.63, 3.8) is 0 Å². The van der Waals surface area contributed by atoms with Gasteiger partial charge < -0.3 is 10.5 Å². The molecular weight excluding hydrogens is 256 g/mol. The van der Waals surface area contributed by atoms with Crippen LogP contribution in [-0.4, -0.2) is 21.0 Å². The third-order valence-electron chi connectivity index (χ3n) is 2.77. The zero-order valence-electron chi connectivity index (χ0n) is 10.6. The smallest absolute Gasteiger partial charge is 0.113 e. The van der Waals surface area contributed by atoms with Gasteiger partial charge in [-0.15, -0.1) is 0 Å². The molecule has 19 heavy (non-hydrogen) atoms. The highest BCUT2D eigenvalue weighted by molar-refractivity contribution is 6.32. The van der Waals surface area contributed by atoms with Gasteiger partial charge in [-0.2, -0.15) is 0 Å². The van der Waals surface area contributed by atoms with Crippen molar-refractivity contribution >= 4 is 24.9 Å². The van der Waals surface area contributed by atoms with Crippen LogP contribution in [0, 0.1) is 0 Å². The second-order valence-electron chi connectivity index (χ2n) is 4.26. The van der Waals surface area contributed by atoms with Gasteiger partial charge in [-0.1, -0.05) is 53.5 Å². The molecule has 0 aliphatic carbocycles. The summed E-state index contributed by atoms with van der Waals surface area (Å²) in [5.41, 5.74) is 8.21. The highest BCUT2D eigenvalue weighted by Crippen LogP contribution is 2.27. The van der Waals surface area contributed by atoms with Crippen molar-refractivity contribution in [1.29, 1.82) is 0 Å². The van der Waals surface area contributed by atoms with Crippen molar-refractivity contribution < 1.29 is 4.74 Å². The molecule has 4 heteroatoms. The van der Waals surface area contributed by atoms with Crippen molar-refractivity contribution in [2.75, 3.05) is 13.2 Å². The molecule has 96 valence electrons. The van der Waals surface area contributed by atoms with Crippen LogP contribution in [-0.2, 0) is 4.74 Å². The number of halogens is 1. The maximum Gasteiger partial charge on any atom is 0.113 e. The Hall–Kier alpha value is -1.29. The van der Waals surface area contributed by atoms with E-state index in [9.17, 15) is 0 Å². The molecule has 0 spiro atoms. The summed E-state index contributed by atoms with van der Waals surface area (Å²) in [5, 5.41) is 0.683. The lowest BCUT2D eigenvalue weighted by Gasteiger charge is -2.19. The average Bonchev–Trinajstić information content (AvgIpc) is 2.39. The minimum absolute atomic E-state index is 0.203. The Morgan fingerprint density at radius 1 is 1.11 bits per heavy atom. The maximum absolute atomic E-state index is 6.04. The number of hydrogen-bond donors (Lipinski definition) is 1. The summed E-state index contributed by atoms with van der Waals surface area (Å²) in [4.78, 5) is 0. The molecular formula is C15H15BClNO. The van der Waals surface area contributed by atoms with Crippen molar-refractivity contribution in [3.05, 3.63) is 64.7 Å². The SMILES string of the molecule is [B]c1cccc(C(OCCN)c2cccc(Cl)c2)c1. The molecule has 2 aromatic rings. The number of rotatable bonds is 5. The predicted octanol–water partition coefficient (Wildman–Crippen LogP) is 2.20. The van der Waals surface area contributed by atoms with E-state index in [4.69, 9.17) is 29.9 Å². The van der Waals surface area contributed by atoms with Crippen molar-refractivity contribution in [3.8, 4) is 0 Å². The van der Waals surface area contributed by atoms with Crippen LogP contribution in [0.2, 0.25) is 5.02 Å². The standard InChI is InChI=1S/C15H15BClNO/c16-13-5-1-3-11(9-13)15(19-8-7-18)12-4-2-6-14(17)10-12/h1-6,9-10,15H,7-8,18H2. The Kier molecular flexibility index (Phi) is 5.03. The molecule has 0 aliphatic heterocycles. The number of hydrogen-bond acceptors (Lipinski definition) is 2. The zero-order chi connectivity index (χ0) is 13.7. The summed E-state index contributed by atoms with van der Waals surface area (Å²) in [7, 11) is 5.83. The van der Waals surface area contributed by atoms with Gasteiger partial charge >= 0.3 is 0 Å². The molecule has 2 aromatic carbocycles. The zero-order valence-corrected chi connectivity index (χ0v) is 11.3. The molecule has 0 fully saturated rings. The van der Waals surface area contributed by atoms with E-state index in [-0.39, 0.29) is 6.10 Å². The van der Waals surface area contributed by atoms with Crippen molar-refractivity contribution in [2.45, 2.75) is 6.10 Å². The van der Waals surface area contributed by atoms with E-state index in [0.29, 0.717) is 23.6 Å². The van der Waals surface area contributed by atoms with E-state index in [2.05, 4.69) is 0 Å². The number of benzene rings is 2. The van der Waals surface area contributed by atoms with E-state index < -0.39 is 0 Å². The van der Waals surface area contributed by atoms with Crippen LogP contribution in [0.3, 0.4) is 0 Å². The monoisotopic (exact) mass is 271 g/mol. The highest BCUT2D eigenvalue weighted by Gasteiger charge is 2.14. The lowest BCUT2D eigenvalue weighted by atomic mass is 9.91. The molecule has 0 aromatic heterocycles. The summed E-state index contributed by atoms with van der Waals surface area (Å²) in [6.45, 7) is 0.950. The molecule has 0 saturated heterocycles. The molecule has 2 nitrogen and oxygen atoms in total. The molecule has 0 bridgehead atoms. The van der Waals surface area contributed by atoms with Gasteiger partial charge in [0.1, 0.15) is 14.0 Å². The Morgan fingerprint density at radius 2 is 1.79 bits per heavy atom. The Bertz CT molecular complexity index is 502. The Balaban J connectivity index is 2.35. The average molecular weight is 272 g/mol. The van der Waals surface area contributed by atoms with Gasteiger partial charge in [0.15, 0.2) is 0 Å². The molecule has 2 radical (unpaired) electrons. The first kappa shape index (κ1) is 14.1. The minimum atomic E-state index is -0.203. The second kappa shape index (κ2) is 6.76. The van der Waals surface area contributed by atoms with Crippen LogP contribution in [0.1, 0.15) is 17.2 Å². The molecule has 1 atom stereocenters. The Labute approximate surface area is 119 Å². The van der Waals surface area contributed by atoms with Gasteiger partial charge in [0.05, 0.1) is 6.61 Å². The van der Waals surface area contributed by atoms with Gasteiger partial charge in [-0.25, -0.2) is 0 Å². The first-order valence-electron chi connectivity index (χ1n) is 6.13. The molecule has 0 amide bonds. The van der Waals surface area contributed by atoms with Crippen LogP contribution in [0.5, 0.6) is 0 Å². The fraction of sp³-hybridized carbons (Fsp3) is 0.200. The van der Waals surface area contributed by atoms with E-state index >= 15 is 0 Å². The van der Waals surface area contributed by atoms with Gasteiger partial charge in [0.2, 0.25) is 0 Å². The first-order valence-corrected chi connectivity index (χ1v) is 6.51. The third-order valence-corrected chi connectivity index (χ3v) is 3.00. The van der Waals surface area contributed by atoms with Gasteiger partial charge in [-0.05, 0) is 23.3 Å². The van der Waals surface area contributed by atoms with E-state index in [1.165, 1.54) is 0 Å². The minimum Gasteiger partial charge on any atom is -0.367 e. The van der Waals surface area contributed by atoms with Crippen LogP contribution in [0.4, 0.5) is 0 Å². The highest BCUT2D eigenvalue weighted by atomic mass is 35.5. The summed E-state index contributed by atoms with van der Waals surface area (Å²) < 4.78 is 5.83. The summed E-state index contributed by atoms with van der Waals surface area (Å²) in [6.07, 6.45) is -0.203. The van der Waals surface area contributed by atoms with E-state index in [1.807, 2.05) is 48.5 Å². The van der Waals surface area contributed by atoms with Gasteiger partial charge in [-0.3, -0.25) is 0 Å². The normalized spacial score (nSPS) is 12.3. The fourth-order valence-corrected chi connectivity index (χ4v) is 2.16. The maximum atomic E-state index is 6.04. The van der Waals surface area contributed by atoms with E-state index in [0.717, 1.165) is 11.1 Å². The quantitative estimate of drug-likeness (QED) is 0.846. The topological polar surface area (TPSA) is 35.2 Å². The molecule has 0 saturated carbocycles. The lowest BCUT2D eigenvalue weighted by molar-refractivity contribution is 0.0865. The van der Waals surface area contributed by atoms with Gasteiger partial charge in [0, 0.05) is 11.6 Å². The van der Waals surface area contributed by atoms with Crippen molar-refractivity contribution in [2.24, 2.45) is 5.73 Å². The summed E-state index contributed by atoms with van der Waals surface area (Å²) >= 11 is 6.04. The third kappa shape index (κ3) is 3.84.